The highest BCUT2D eigenvalue weighted by atomic mass is 35.5. The van der Waals surface area contributed by atoms with E-state index in [1.807, 2.05) is 17.0 Å². The van der Waals surface area contributed by atoms with Crippen LogP contribution in [0.15, 0.2) is 28.8 Å². The van der Waals surface area contributed by atoms with Crippen LogP contribution in [0.2, 0.25) is 5.02 Å². The second kappa shape index (κ2) is 8.67. The number of carbonyl (C=O) groups excluding carboxylic acids is 1. The number of hydrogen-bond donors (Lipinski definition) is 0. The molecule has 2 aromatic rings. The van der Waals surface area contributed by atoms with Crippen molar-refractivity contribution >= 4 is 17.5 Å². The molecule has 0 aliphatic heterocycles. The molecule has 0 saturated heterocycles. The molecule has 3 rings (SSSR count). The molecule has 0 radical (unpaired) electrons. The Bertz CT molecular complexity index is 721. The molecule has 1 aromatic carbocycles. The van der Waals surface area contributed by atoms with Gasteiger partial charge >= 0.3 is 0 Å². The van der Waals surface area contributed by atoms with E-state index in [4.69, 9.17) is 16.1 Å². The lowest BCUT2D eigenvalue weighted by atomic mass is 10.1. The molecule has 140 valence electrons. The fraction of sp³-hybridized carbons (Fsp3) is 0.550. The Morgan fingerprint density at radius 2 is 1.96 bits per heavy atom. The summed E-state index contributed by atoms with van der Waals surface area (Å²) < 4.78 is 5.38. The molecule has 5 nitrogen and oxygen atoms in total. The van der Waals surface area contributed by atoms with Gasteiger partial charge in [-0.25, -0.2) is 0 Å². The standard InChI is InChI=1S/C20H26ClN3O2/c1-14(2)13-24(20(25)16-5-3-4-6-16)12-11-18-22-19(23-26-18)15-7-9-17(21)10-8-15/h7-10,14,16H,3-6,11-13H2,1-2H3. The van der Waals surface area contributed by atoms with Crippen molar-refractivity contribution in [2.24, 2.45) is 11.8 Å². The highest BCUT2D eigenvalue weighted by Crippen LogP contribution is 2.27. The summed E-state index contributed by atoms with van der Waals surface area (Å²) in [4.78, 5) is 19.2. The zero-order valence-corrected chi connectivity index (χ0v) is 16.2. The van der Waals surface area contributed by atoms with Crippen molar-refractivity contribution in [1.82, 2.24) is 15.0 Å². The van der Waals surface area contributed by atoms with Crippen molar-refractivity contribution in [1.29, 1.82) is 0 Å². The molecule has 0 N–H and O–H groups in total. The normalized spacial score (nSPS) is 14.9. The molecule has 1 aliphatic rings. The van der Waals surface area contributed by atoms with Crippen molar-refractivity contribution in [2.75, 3.05) is 13.1 Å². The Morgan fingerprint density at radius 1 is 1.27 bits per heavy atom. The minimum absolute atomic E-state index is 0.195. The van der Waals surface area contributed by atoms with E-state index in [-0.39, 0.29) is 11.8 Å². The molecule has 1 aromatic heterocycles. The predicted molar refractivity (Wildman–Crippen MR) is 102 cm³/mol. The largest absolute Gasteiger partial charge is 0.342 e. The quantitative estimate of drug-likeness (QED) is 0.709. The van der Waals surface area contributed by atoms with E-state index in [0.717, 1.165) is 24.9 Å². The summed E-state index contributed by atoms with van der Waals surface area (Å²) in [6.45, 7) is 5.67. The van der Waals surface area contributed by atoms with Gasteiger partial charge in [-0.1, -0.05) is 43.4 Å². The first kappa shape index (κ1) is 18.9. The summed E-state index contributed by atoms with van der Waals surface area (Å²) in [5.41, 5.74) is 0.866. The van der Waals surface area contributed by atoms with Crippen LogP contribution in [0.1, 0.15) is 45.4 Å². The van der Waals surface area contributed by atoms with Crippen LogP contribution in [-0.2, 0) is 11.2 Å². The first-order valence-corrected chi connectivity index (χ1v) is 9.78. The van der Waals surface area contributed by atoms with Gasteiger partial charge in [-0.15, -0.1) is 0 Å². The van der Waals surface area contributed by atoms with Gasteiger partial charge in [0.05, 0.1) is 0 Å². The summed E-state index contributed by atoms with van der Waals surface area (Å²) in [5.74, 6) is 2.03. The zero-order chi connectivity index (χ0) is 18.5. The third-order valence-electron chi connectivity index (χ3n) is 4.77. The van der Waals surface area contributed by atoms with Crippen LogP contribution in [0.5, 0.6) is 0 Å². The van der Waals surface area contributed by atoms with Crippen LogP contribution >= 0.6 is 11.6 Å². The van der Waals surface area contributed by atoms with Crippen LogP contribution in [0.4, 0.5) is 0 Å². The van der Waals surface area contributed by atoms with E-state index in [1.165, 1.54) is 12.8 Å². The molecule has 0 atom stereocenters. The van der Waals surface area contributed by atoms with Crippen LogP contribution < -0.4 is 0 Å². The Balaban J connectivity index is 1.63. The molecular formula is C20H26ClN3O2. The van der Waals surface area contributed by atoms with Gasteiger partial charge in [0.2, 0.25) is 17.6 Å². The molecule has 1 aliphatic carbocycles. The molecule has 1 fully saturated rings. The van der Waals surface area contributed by atoms with Crippen molar-refractivity contribution in [2.45, 2.75) is 46.0 Å². The fourth-order valence-corrected chi connectivity index (χ4v) is 3.59. The monoisotopic (exact) mass is 375 g/mol. The number of benzene rings is 1. The fourth-order valence-electron chi connectivity index (χ4n) is 3.47. The number of carbonyl (C=O) groups is 1. The first-order valence-electron chi connectivity index (χ1n) is 9.40. The lowest BCUT2D eigenvalue weighted by Gasteiger charge is -2.26. The second-order valence-corrected chi connectivity index (χ2v) is 7.86. The van der Waals surface area contributed by atoms with E-state index in [9.17, 15) is 4.79 Å². The molecular weight excluding hydrogens is 350 g/mol. The lowest BCUT2D eigenvalue weighted by Crippen LogP contribution is -2.39. The summed E-state index contributed by atoms with van der Waals surface area (Å²) in [6.07, 6.45) is 4.95. The summed E-state index contributed by atoms with van der Waals surface area (Å²) in [6, 6.07) is 7.34. The number of halogens is 1. The Hall–Kier alpha value is -1.88. The Kier molecular flexibility index (Phi) is 6.30. The zero-order valence-electron chi connectivity index (χ0n) is 15.4. The summed E-state index contributed by atoms with van der Waals surface area (Å²) in [7, 11) is 0. The Labute approximate surface area is 159 Å². The van der Waals surface area contributed by atoms with E-state index in [2.05, 4.69) is 24.0 Å². The van der Waals surface area contributed by atoms with Crippen LogP contribution in [0.3, 0.4) is 0 Å². The average molecular weight is 376 g/mol. The number of aromatic nitrogens is 2. The van der Waals surface area contributed by atoms with Gasteiger partial charge < -0.3 is 9.42 Å². The van der Waals surface area contributed by atoms with Gasteiger partial charge in [0.1, 0.15) is 0 Å². The molecule has 1 saturated carbocycles. The lowest BCUT2D eigenvalue weighted by molar-refractivity contribution is -0.135. The number of rotatable bonds is 7. The van der Waals surface area contributed by atoms with Gasteiger partial charge in [0.15, 0.2) is 0 Å². The molecule has 26 heavy (non-hydrogen) atoms. The third-order valence-corrected chi connectivity index (χ3v) is 5.02. The maximum absolute atomic E-state index is 12.8. The number of amides is 1. The maximum Gasteiger partial charge on any atom is 0.228 e. The third kappa shape index (κ3) is 4.85. The van der Waals surface area contributed by atoms with E-state index >= 15 is 0 Å². The molecule has 0 unspecified atom stereocenters. The van der Waals surface area contributed by atoms with Gasteiger partial charge in [-0.05, 0) is 43.0 Å². The molecule has 1 heterocycles. The highest BCUT2D eigenvalue weighted by Gasteiger charge is 2.27. The predicted octanol–water partition coefficient (Wildman–Crippen LogP) is 4.61. The summed E-state index contributed by atoms with van der Waals surface area (Å²) in [5, 5.41) is 4.72. The van der Waals surface area contributed by atoms with Crippen LogP contribution in [0.25, 0.3) is 11.4 Å². The van der Waals surface area contributed by atoms with Gasteiger partial charge in [-0.2, -0.15) is 4.98 Å². The minimum Gasteiger partial charge on any atom is -0.342 e. The van der Waals surface area contributed by atoms with Crippen LogP contribution in [0, 0.1) is 11.8 Å². The summed E-state index contributed by atoms with van der Waals surface area (Å²) >= 11 is 5.91. The highest BCUT2D eigenvalue weighted by molar-refractivity contribution is 6.30. The van der Waals surface area contributed by atoms with E-state index in [0.29, 0.717) is 35.6 Å². The van der Waals surface area contributed by atoms with E-state index < -0.39 is 0 Å². The number of hydrogen-bond acceptors (Lipinski definition) is 4. The van der Waals surface area contributed by atoms with Crippen molar-refractivity contribution in [3.8, 4) is 11.4 Å². The topological polar surface area (TPSA) is 59.2 Å². The van der Waals surface area contributed by atoms with Gasteiger partial charge in [0, 0.05) is 36.0 Å². The van der Waals surface area contributed by atoms with Crippen molar-refractivity contribution in [3.63, 3.8) is 0 Å². The number of nitrogens with zero attached hydrogens (tertiary/aromatic N) is 3. The smallest absolute Gasteiger partial charge is 0.228 e. The Morgan fingerprint density at radius 3 is 2.62 bits per heavy atom. The first-order chi connectivity index (χ1) is 12.5. The van der Waals surface area contributed by atoms with E-state index in [1.54, 1.807) is 12.1 Å². The van der Waals surface area contributed by atoms with Gasteiger partial charge in [0.25, 0.3) is 0 Å². The SMILES string of the molecule is CC(C)CN(CCc1nc(-c2ccc(Cl)cc2)no1)C(=O)C1CCCC1. The van der Waals surface area contributed by atoms with Crippen molar-refractivity contribution < 1.29 is 9.32 Å². The second-order valence-electron chi connectivity index (χ2n) is 7.43. The molecule has 0 spiro atoms. The van der Waals surface area contributed by atoms with Gasteiger partial charge in [-0.3, -0.25) is 4.79 Å². The minimum atomic E-state index is 0.195. The molecule has 0 bridgehead atoms. The molecule has 6 heteroatoms. The molecule has 1 amide bonds. The maximum atomic E-state index is 12.8. The average Bonchev–Trinajstić information content (AvgIpc) is 3.30. The van der Waals surface area contributed by atoms with Crippen LogP contribution in [-0.4, -0.2) is 34.0 Å². The van der Waals surface area contributed by atoms with Crippen molar-refractivity contribution in [3.05, 3.63) is 35.2 Å².